The predicted molar refractivity (Wildman–Crippen MR) is 116 cm³/mol. The number of amides is 1. The number of anilines is 2. The molecule has 2 aliphatic heterocycles. The topological polar surface area (TPSA) is 35.6 Å². The molecule has 2 fully saturated rings. The molecule has 1 amide bonds. The van der Waals surface area contributed by atoms with Gasteiger partial charge >= 0.3 is 0 Å². The highest BCUT2D eigenvalue weighted by molar-refractivity contribution is 8.77. The molecule has 1 aromatic rings. The Labute approximate surface area is 165 Å². The van der Waals surface area contributed by atoms with Gasteiger partial charge in [-0.1, -0.05) is 28.0 Å². The minimum Gasteiger partial charge on any atom is -0.369 e. The van der Waals surface area contributed by atoms with Gasteiger partial charge in [0.2, 0.25) is 5.91 Å². The first-order valence-corrected chi connectivity index (χ1v) is 12.1. The summed E-state index contributed by atoms with van der Waals surface area (Å²) in [6, 6.07) is 6.41. The van der Waals surface area contributed by atoms with Gasteiger partial charge in [0.1, 0.15) is 0 Å². The number of nitrogens with zero attached hydrogens (tertiary/aromatic N) is 2. The normalized spacial score (nSPS) is 21.2. The average molecular weight is 394 g/mol. The Bertz CT molecular complexity index is 597. The second-order valence-electron chi connectivity index (χ2n) is 7.41. The summed E-state index contributed by atoms with van der Waals surface area (Å²) in [4.78, 5) is 17.0. The molecule has 0 spiro atoms. The van der Waals surface area contributed by atoms with Crippen molar-refractivity contribution in [2.45, 2.75) is 44.3 Å². The van der Waals surface area contributed by atoms with Crippen molar-refractivity contribution in [3.8, 4) is 0 Å². The molecule has 0 aromatic heterocycles. The van der Waals surface area contributed by atoms with Crippen LogP contribution in [-0.2, 0) is 4.79 Å². The zero-order chi connectivity index (χ0) is 18.4. The van der Waals surface area contributed by atoms with Gasteiger partial charge < -0.3 is 15.1 Å². The highest BCUT2D eigenvalue weighted by Crippen LogP contribution is 2.39. The quantitative estimate of drug-likeness (QED) is 0.549. The molecule has 1 unspecified atom stereocenters. The van der Waals surface area contributed by atoms with Crippen LogP contribution in [0.2, 0.25) is 0 Å². The van der Waals surface area contributed by atoms with Crippen molar-refractivity contribution in [2.75, 3.05) is 49.2 Å². The van der Waals surface area contributed by atoms with Crippen LogP contribution in [0.15, 0.2) is 18.2 Å². The van der Waals surface area contributed by atoms with E-state index in [0.717, 1.165) is 55.5 Å². The number of likely N-dealkylation sites (N-methyl/N-ethyl adjacent to an activating group) is 1. The maximum atomic E-state index is 12.2. The second-order valence-corrected chi connectivity index (χ2v) is 10.2. The molecule has 2 saturated heterocycles. The number of carbonyl (C=O) groups is 1. The average Bonchev–Trinajstić information content (AvgIpc) is 3.15. The maximum absolute atomic E-state index is 12.2. The lowest BCUT2D eigenvalue weighted by atomic mass is 10.1. The third-order valence-electron chi connectivity index (χ3n) is 5.26. The summed E-state index contributed by atoms with van der Waals surface area (Å²) in [6.45, 7) is 6.44. The summed E-state index contributed by atoms with van der Waals surface area (Å²) >= 11 is 0. The third kappa shape index (κ3) is 5.83. The summed E-state index contributed by atoms with van der Waals surface area (Å²) in [6.07, 6.45) is 5.37. The smallest absolute Gasteiger partial charge is 0.224 e. The van der Waals surface area contributed by atoms with Crippen molar-refractivity contribution in [1.29, 1.82) is 0 Å². The second kappa shape index (κ2) is 9.90. The zero-order valence-electron chi connectivity index (χ0n) is 16.0. The Morgan fingerprint density at radius 3 is 2.73 bits per heavy atom. The molecule has 6 heteroatoms. The lowest BCUT2D eigenvalue weighted by Crippen LogP contribution is -2.44. The van der Waals surface area contributed by atoms with Crippen LogP contribution in [0.5, 0.6) is 0 Å². The molecule has 2 aliphatic rings. The predicted octanol–water partition coefficient (Wildman–Crippen LogP) is 4.40. The van der Waals surface area contributed by atoms with Crippen LogP contribution >= 0.6 is 21.6 Å². The molecule has 3 rings (SSSR count). The van der Waals surface area contributed by atoms with Crippen molar-refractivity contribution in [3.63, 3.8) is 0 Å². The molecule has 2 heterocycles. The van der Waals surface area contributed by atoms with E-state index in [1.54, 1.807) is 0 Å². The van der Waals surface area contributed by atoms with E-state index in [1.807, 2.05) is 21.6 Å². The summed E-state index contributed by atoms with van der Waals surface area (Å²) < 4.78 is 0. The number of aryl methyl sites for hydroxylation is 1. The number of nitrogens with one attached hydrogen (secondary N) is 1. The summed E-state index contributed by atoms with van der Waals surface area (Å²) in [5.74, 6) is 1.44. The monoisotopic (exact) mass is 393 g/mol. The summed E-state index contributed by atoms with van der Waals surface area (Å²) in [7, 11) is 6.19. The summed E-state index contributed by atoms with van der Waals surface area (Å²) in [5, 5.41) is 3.91. The first-order valence-electron chi connectivity index (χ1n) is 9.74. The fourth-order valence-electron chi connectivity index (χ4n) is 3.48. The van der Waals surface area contributed by atoms with E-state index in [2.05, 4.69) is 47.3 Å². The first kappa shape index (κ1) is 19.9. The molecule has 0 bridgehead atoms. The van der Waals surface area contributed by atoms with Crippen LogP contribution in [0.25, 0.3) is 0 Å². The number of carbonyl (C=O) groups excluding carboxylic acids is 1. The van der Waals surface area contributed by atoms with Crippen molar-refractivity contribution < 1.29 is 4.79 Å². The molecule has 4 nitrogen and oxygen atoms in total. The van der Waals surface area contributed by atoms with E-state index >= 15 is 0 Å². The maximum Gasteiger partial charge on any atom is 0.224 e. The van der Waals surface area contributed by atoms with Crippen molar-refractivity contribution >= 4 is 38.9 Å². The molecule has 144 valence electrons. The van der Waals surface area contributed by atoms with Gasteiger partial charge in [0.05, 0.1) is 0 Å². The van der Waals surface area contributed by atoms with Gasteiger partial charge in [-0.25, -0.2) is 0 Å². The number of unbranched alkanes of at least 4 members (excludes halogenated alkanes) is 1. The lowest BCUT2D eigenvalue weighted by Gasteiger charge is -2.34. The van der Waals surface area contributed by atoms with Crippen LogP contribution in [0.4, 0.5) is 11.4 Å². The molecular weight excluding hydrogens is 362 g/mol. The number of hydrogen-bond donors (Lipinski definition) is 1. The van der Waals surface area contributed by atoms with Gasteiger partial charge in [-0.05, 0) is 57.0 Å². The SMILES string of the molecule is Cc1cc(N2CCN(C)CC2)ccc1NC(=O)CCCCC1CCSS1. The van der Waals surface area contributed by atoms with E-state index in [0.29, 0.717) is 6.42 Å². The minimum absolute atomic E-state index is 0.147. The Morgan fingerprint density at radius 2 is 2.04 bits per heavy atom. The fourth-order valence-corrected chi connectivity index (χ4v) is 6.51. The number of hydrogen-bond acceptors (Lipinski definition) is 5. The van der Waals surface area contributed by atoms with Gasteiger partial charge in [0.25, 0.3) is 0 Å². The van der Waals surface area contributed by atoms with Crippen LogP contribution in [0.3, 0.4) is 0 Å². The molecule has 0 radical (unpaired) electrons. The fraction of sp³-hybridized carbons (Fsp3) is 0.650. The van der Waals surface area contributed by atoms with Gasteiger partial charge in [0.15, 0.2) is 0 Å². The Hall–Kier alpha value is -0.850. The number of benzene rings is 1. The largest absolute Gasteiger partial charge is 0.369 e. The van der Waals surface area contributed by atoms with E-state index in [1.165, 1.54) is 24.3 Å². The molecule has 1 aromatic carbocycles. The third-order valence-corrected chi connectivity index (χ3v) is 8.27. The van der Waals surface area contributed by atoms with Crippen LogP contribution < -0.4 is 10.2 Å². The summed E-state index contributed by atoms with van der Waals surface area (Å²) in [5.41, 5.74) is 3.37. The number of rotatable bonds is 7. The molecule has 26 heavy (non-hydrogen) atoms. The standard InChI is InChI=1S/C20H31N3OS2/c1-16-15-17(23-12-10-22(2)11-13-23)7-8-19(16)21-20(24)6-4-3-5-18-9-14-25-26-18/h7-8,15,18H,3-6,9-14H2,1-2H3,(H,21,24). The van der Waals surface area contributed by atoms with Crippen LogP contribution in [0, 0.1) is 6.92 Å². The van der Waals surface area contributed by atoms with Crippen molar-refractivity contribution in [3.05, 3.63) is 23.8 Å². The van der Waals surface area contributed by atoms with Gasteiger partial charge in [-0.15, -0.1) is 0 Å². The van der Waals surface area contributed by atoms with E-state index in [-0.39, 0.29) is 5.91 Å². The van der Waals surface area contributed by atoms with Crippen molar-refractivity contribution in [2.24, 2.45) is 0 Å². The Balaban J connectivity index is 1.42. The minimum atomic E-state index is 0.147. The molecule has 1 N–H and O–H groups in total. The molecule has 1 atom stereocenters. The van der Waals surface area contributed by atoms with Gasteiger partial charge in [0, 0.05) is 55.0 Å². The molecular formula is C20H31N3OS2. The van der Waals surface area contributed by atoms with Crippen LogP contribution in [-0.4, -0.2) is 55.0 Å². The van der Waals surface area contributed by atoms with Gasteiger partial charge in [-0.2, -0.15) is 0 Å². The highest BCUT2D eigenvalue weighted by atomic mass is 33.1. The number of piperazine rings is 1. The highest BCUT2D eigenvalue weighted by Gasteiger charge is 2.17. The first-order chi connectivity index (χ1) is 12.6. The van der Waals surface area contributed by atoms with E-state index in [4.69, 9.17) is 0 Å². The Kier molecular flexibility index (Phi) is 7.58. The van der Waals surface area contributed by atoms with E-state index in [9.17, 15) is 4.79 Å². The van der Waals surface area contributed by atoms with Gasteiger partial charge in [-0.3, -0.25) is 4.79 Å². The molecule has 0 saturated carbocycles. The van der Waals surface area contributed by atoms with E-state index < -0.39 is 0 Å². The molecule has 0 aliphatic carbocycles. The Morgan fingerprint density at radius 1 is 1.23 bits per heavy atom. The van der Waals surface area contributed by atoms with Crippen LogP contribution in [0.1, 0.15) is 37.7 Å². The van der Waals surface area contributed by atoms with Crippen molar-refractivity contribution in [1.82, 2.24) is 4.90 Å². The zero-order valence-corrected chi connectivity index (χ0v) is 17.6. The lowest BCUT2D eigenvalue weighted by molar-refractivity contribution is -0.116.